The molecule has 2 aromatic rings. The second-order valence-electron chi connectivity index (χ2n) is 9.20. The van der Waals surface area contributed by atoms with E-state index in [9.17, 15) is 4.79 Å². The van der Waals surface area contributed by atoms with Crippen LogP contribution in [0.2, 0.25) is 0 Å². The summed E-state index contributed by atoms with van der Waals surface area (Å²) in [6.07, 6.45) is 4.24. The summed E-state index contributed by atoms with van der Waals surface area (Å²) in [4.78, 5) is 20.3. The summed E-state index contributed by atoms with van der Waals surface area (Å²) in [5.41, 5.74) is 5.96. The second-order valence-corrected chi connectivity index (χ2v) is 10.2. The monoisotopic (exact) mass is 433 g/mol. The molecule has 2 aliphatic rings. The van der Waals surface area contributed by atoms with Gasteiger partial charge in [-0.3, -0.25) is 4.79 Å². The number of hydrogen-bond acceptors (Lipinski definition) is 4. The van der Waals surface area contributed by atoms with E-state index in [2.05, 4.69) is 61.1 Å². The van der Waals surface area contributed by atoms with Crippen molar-refractivity contribution in [2.75, 3.05) is 11.4 Å². The first-order valence-electron chi connectivity index (χ1n) is 11.0. The molecule has 31 heavy (non-hydrogen) atoms. The van der Waals surface area contributed by atoms with Crippen LogP contribution in [-0.2, 0) is 4.79 Å². The largest absolute Gasteiger partial charge is 0.366 e. The molecule has 4 nitrogen and oxygen atoms in total. The lowest BCUT2D eigenvalue weighted by Gasteiger charge is -2.47. The molecule has 1 unspecified atom stereocenters. The highest BCUT2D eigenvalue weighted by Gasteiger charge is 2.35. The van der Waals surface area contributed by atoms with Gasteiger partial charge in [-0.1, -0.05) is 37.6 Å². The smallest absolute Gasteiger partial charge is 0.264 e. The fourth-order valence-electron chi connectivity index (χ4n) is 4.61. The van der Waals surface area contributed by atoms with Crippen molar-refractivity contribution >= 4 is 40.3 Å². The van der Waals surface area contributed by atoms with E-state index in [-0.39, 0.29) is 11.4 Å². The van der Waals surface area contributed by atoms with E-state index in [4.69, 9.17) is 0 Å². The number of fused-ring (bicyclic) bond motifs is 1. The van der Waals surface area contributed by atoms with Crippen LogP contribution in [0.25, 0.3) is 6.08 Å². The SMILES string of the molecule is CCCN1c2ccc(/C=C3/SC(=Nc4ccc(C)cc4)NC3=O)cc2C(C)CC1(C)C. The molecule has 1 fully saturated rings. The van der Waals surface area contributed by atoms with E-state index in [1.165, 1.54) is 28.6 Å². The van der Waals surface area contributed by atoms with Gasteiger partial charge in [0.1, 0.15) is 0 Å². The van der Waals surface area contributed by atoms with Crippen LogP contribution in [0.4, 0.5) is 11.4 Å². The normalized spacial score (nSPS) is 22.7. The molecule has 0 radical (unpaired) electrons. The quantitative estimate of drug-likeness (QED) is 0.568. The van der Waals surface area contributed by atoms with Crippen LogP contribution in [0.3, 0.4) is 0 Å². The zero-order valence-corrected chi connectivity index (χ0v) is 19.8. The molecule has 162 valence electrons. The summed E-state index contributed by atoms with van der Waals surface area (Å²) in [5.74, 6) is 0.399. The summed E-state index contributed by atoms with van der Waals surface area (Å²) >= 11 is 1.40. The van der Waals surface area contributed by atoms with E-state index in [0.29, 0.717) is 16.0 Å². The number of aliphatic imine (C=N–C) groups is 1. The number of anilines is 1. The predicted octanol–water partition coefficient (Wildman–Crippen LogP) is 6.39. The molecule has 2 aromatic carbocycles. The van der Waals surface area contributed by atoms with Gasteiger partial charge < -0.3 is 10.2 Å². The highest BCUT2D eigenvalue weighted by molar-refractivity contribution is 8.18. The second kappa shape index (κ2) is 8.54. The van der Waals surface area contributed by atoms with Crippen LogP contribution in [0.1, 0.15) is 63.1 Å². The van der Waals surface area contributed by atoms with Crippen molar-refractivity contribution in [2.45, 2.75) is 58.9 Å². The molecule has 1 atom stereocenters. The van der Waals surface area contributed by atoms with Crippen molar-refractivity contribution in [3.63, 3.8) is 0 Å². The fraction of sp³-hybridized carbons (Fsp3) is 0.385. The summed E-state index contributed by atoms with van der Waals surface area (Å²) in [6, 6.07) is 14.6. The third-order valence-electron chi connectivity index (χ3n) is 6.07. The van der Waals surface area contributed by atoms with Gasteiger partial charge in [-0.15, -0.1) is 0 Å². The van der Waals surface area contributed by atoms with Crippen molar-refractivity contribution in [3.8, 4) is 0 Å². The Morgan fingerprint density at radius 3 is 2.68 bits per heavy atom. The van der Waals surface area contributed by atoms with E-state index < -0.39 is 0 Å². The Balaban J connectivity index is 1.60. The van der Waals surface area contributed by atoms with Gasteiger partial charge in [0.2, 0.25) is 0 Å². The summed E-state index contributed by atoms with van der Waals surface area (Å²) in [6.45, 7) is 12.3. The molecule has 0 aromatic heterocycles. The zero-order valence-electron chi connectivity index (χ0n) is 19.0. The van der Waals surface area contributed by atoms with Crippen molar-refractivity contribution in [1.82, 2.24) is 5.32 Å². The predicted molar refractivity (Wildman–Crippen MR) is 133 cm³/mol. The Kier molecular flexibility index (Phi) is 5.98. The van der Waals surface area contributed by atoms with Crippen molar-refractivity contribution in [1.29, 1.82) is 0 Å². The highest BCUT2D eigenvalue weighted by atomic mass is 32.2. The van der Waals surface area contributed by atoms with Crippen LogP contribution in [0.5, 0.6) is 0 Å². The van der Waals surface area contributed by atoms with Crippen molar-refractivity contribution < 1.29 is 4.79 Å². The number of thioether (sulfide) groups is 1. The third-order valence-corrected chi connectivity index (χ3v) is 6.98. The first-order chi connectivity index (χ1) is 14.8. The minimum absolute atomic E-state index is 0.0876. The van der Waals surface area contributed by atoms with E-state index >= 15 is 0 Å². The van der Waals surface area contributed by atoms with Gasteiger partial charge >= 0.3 is 0 Å². The van der Waals surface area contributed by atoms with Crippen LogP contribution in [-0.4, -0.2) is 23.2 Å². The van der Waals surface area contributed by atoms with Crippen molar-refractivity contribution in [3.05, 3.63) is 64.1 Å². The maximum Gasteiger partial charge on any atom is 0.264 e. The summed E-state index contributed by atoms with van der Waals surface area (Å²) in [7, 11) is 0. The van der Waals surface area contributed by atoms with Crippen LogP contribution < -0.4 is 10.2 Å². The van der Waals surface area contributed by atoms with E-state index in [1.54, 1.807) is 0 Å². The van der Waals surface area contributed by atoms with Gasteiger partial charge in [-0.25, -0.2) is 4.99 Å². The molecule has 1 saturated heterocycles. The molecule has 4 rings (SSSR count). The molecule has 0 saturated carbocycles. The fourth-order valence-corrected chi connectivity index (χ4v) is 5.46. The topological polar surface area (TPSA) is 44.7 Å². The maximum atomic E-state index is 12.5. The van der Waals surface area contributed by atoms with E-state index in [1.807, 2.05) is 37.3 Å². The molecule has 2 aliphatic heterocycles. The Morgan fingerprint density at radius 1 is 1.23 bits per heavy atom. The third kappa shape index (κ3) is 4.57. The average Bonchev–Trinajstić information content (AvgIpc) is 3.05. The highest BCUT2D eigenvalue weighted by Crippen LogP contribution is 2.44. The lowest BCUT2D eigenvalue weighted by Crippen LogP contribution is -2.48. The minimum atomic E-state index is -0.0876. The number of aryl methyl sites for hydroxylation is 1. The molecule has 1 amide bonds. The number of carbonyl (C=O) groups excluding carboxylic acids is 1. The van der Waals surface area contributed by atoms with Crippen LogP contribution in [0, 0.1) is 6.92 Å². The zero-order chi connectivity index (χ0) is 22.2. The number of nitrogens with zero attached hydrogens (tertiary/aromatic N) is 2. The van der Waals surface area contributed by atoms with Gasteiger partial charge in [0.15, 0.2) is 5.17 Å². The Hall–Kier alpha value is -2.53. The number of nitrogens with one attached hydrogen (secondary N) is 1. The van der Waals surface area contributed by atoms with Gasteiger partial charge in [0.25, 0.3) is 5.91 Å². The lowest BCUT2D eigenvalue weighted by molar-refractivity contribution is -0.115. The number of amides is 1. The van der Waals surface area contributed by atoms with Crippen molar-refractivity contribution in [2.24, 2.45) is 4.99 Å². The molecule has 0 bridgehead atoms. The number of amidine groups is 1. The number of rotatable bonds is 4. The first-order valence-corrected chi connectivity index (χ1v) is 11.9. The molecular weight excluding hydrogens is 402 g/mol. The van der Waals surface area contributed by atoms with Gasteiger partial charge in [0.05, 0.1) is 10.6 Å². The average molecular weight is 434 g/mol. The lowest BCUT2D eigenvalue weighted by atomic mass is 9.79. The maximum absolute atomic E-state index is 12.5. The number of hydrogen-bond donors (Lipinski definition) is 1. The number of carbonyl (C=O) groups is 1. The minimum Gasteiger partial charge on any atom is -0.366 e. The van der Waals surface area contributed by atoms with Gasteiger partial charge in [-0.2, -0.15) is 0 Å². The van der Waals surface area contributed by atoms with Gasteiger partial charge in [0, 0.05) is 17.8 Å². The Morgan fingerprint density at radius 2 is 1.97 bits per heavy atom. The molecule has 0 aliphatic carbocycles. The summed E-state index contributed by atoms with van der Waals surface area (Å²) < 4.78 is 0. The molecule has 0 spiro atoms. The van der Waals surface area contributed by atoms with Crippen LogP contribution in [0.15, 0.2) is 52.4 Å². The molecule has 1 N–H and O–H groups in total. The first kappa shape index (κ1) is 21.7. The Bertz CT molecular complexity index is 1050. The molecule has 2 heterocycles. The molecule has 5 heteroatoms. The van der Waals surface area contributed by atoms with Crippen LogP contribution >= 0.6 is 11.8 Å². The number of benzene rings is 2. The summed E-state index contributed by atoms with van der Waals surface area (Å²) in [5, 5.41) is 3.52. The van der Waals surface area contributed by atoms with E-state index in [0.717, 1.165) is 30.6 Å². The standard InChI is InChI=1S/C26H31N3OS/c1-6-13-29-22-12-9-19(14-21(22)18(3)16-26(29,4)5)15-23-24(30)28-25(31-23)27-20-10-7-17(2)8-11-20/h7-12,14-15,18H,6,13,16H2,1-5H3,(H,27,28,30)/b23-15+. The van der Waals surface area contributed by atoms with Gasteiger partial charge in [-0.05, 0) is 92.8 Å². The molecular formula is C26H31N3OS. The Labute approximate surface area is 189 Å².